The van der Waals surface area contributed by atoms with Gasteiger partial charge in [0.2, 0.25) is 5.91 Å². The molecule has 2 aromatic rings. The lowest BCUT2D eigenvalue weighted by Crippen LogP contribution is -2.21. The van der Waals surface area contributed by atoms with Crippen LogP contribution < -0.4 is 10.6 Å². The molecule has 4 nitrogen and oxygen atoms in total. The Morgan fingerprint density at radius 2 is 1.52 bits per heavy atom. The van der Waals surface area contributed by atoms with Gasteiger partial charge in [-0.3, -0.25) is 9.59 Å². The number of nitrogens with one attached hydrogen (secondary N) is 2. The van der Waals surface area contributed by atoms with E-state index in [1.54, 1.807) is 48.5 Å². The number of anilines is 2. The summed E-state index contributed by atoms with van der Waals surface area (Å²) in [5.41, 5.74) is 2.09. The van der Waals surface area contributed by atoms with Crippen molar-refractivity contribution in [3.8, 4) is 0 Å². The first-order valence-corrected chi connectivity index (χ1v) is 6.83. The van der Waals surface area contributed by atoms with Crippen molar-refractivity contribution < 1.29 is 9.59 Å². The maximum Gasteiger partial charge on any atom is 0.243 e. The number of rotatable bonds is 5. The first-order valence-electron chi connectivity index (χ1n) is 6.45. The lowest BCUT2D eigenvalue weighted by atomic mass is 10.1. The molecule has 0 heterocycles. The molecule has 21 heavy (non-hydrogen) atoms. The molecule has 0 saturated carbocycles. The highest BCUT2D eigenvalue weighted by Gasteiger charge is 2.03. The average molecular weight is 303 g/mol. The number of Topliss-reactive ketones (excluding diaryl/α,β-unsaturated/α-hetero) is 1. The third-order valence-electron chi connectivity index (χ3n) is 2.87. The van der Waals surface area contributed by atoms with Gasteiger partial charge in [-0.15, -0.1) is 0 Å². The van der Waals surface area contributed by atoms with Crippen molar-refractivity contribution >= 4 is 34.7 Å². The van der Waals surface area contributed by atoms with Gasteiger partial charge in [0.05, 0.1) is 6.54 Å². The number of carbonyl (C=O) groups is 2. The predicted molar refractivity (Wildman–Crippen MR) is 85.0 cm³/mol. The minimum atomic E-state index is -0.166. The molecule has 0 aromatic heterocycles. The fraction of sp³-hybridized carbons (Fsp3) is 0.125. The number of benzene rings is 2. The van der Waals surface area contributed by atoms with E-state index in [9.17, 15) is 9.59 Å². The van der Waals surface area contributed by atoms with Crippen LogP contribution in [0.15, 0.2) is 48.5 Å². The second kappa shape index (κ2) is 6.90. The van der Waals surface area contributed by atoms with Gasteiger partial charge in [-0.25, -0.2) is 0 Å². The van der Waals surface area contributed by atoms with Crippen molar-refractivity contribution in [3.63, 3.8) is 0 Å². The zero-order valence-corrected chi connectivity index (χ0v) is 12.3. The molecule has 1 amide bonds. The fourth-order valence-electron chi connectivity index (χ4n) is 1.74. The monoisotopic (exact) mass is 302 g/mol. The number of amides is 1. The normalized spacial score (nSPS) is 10.0. The second-order valence-corrected chi connectivity index (χ2v) is 4.98. The van der Waals surface area contributed by atoms with Gasteiger partial charge in [0.25, 0.3) is 0 Å². The molecule has 2 rings (SSSR count). The molecule has 0 fully saturated rings. The standard InChI is InChI=1S/C16H15ClN2O2/c1-11(20)12-2-6-15(7-3-12)19-16(21)10-18-14-8-4-13(17)5-9-14/h2-9,18H,10H2,1H3,(H,19,21). The summed E-state index contributed by atoms with van der Waals surface area (Å²) >= 11 is 5.79. The van der Waals surface area contributed by atoms with Crippen LogP contribution >= 0.6 is 11.6 Å². The average Bonchev–Trinajstić information content (AvgIpc) is 2.47. The maximum atomic E-state index is 11.8. The molecule has 2 aromatic carbocycles. The topological polar surface area (TPSA) is 58.2 Å². The Bertz CT molecular complexity index is 636. The Kier molecular flexibility index (Phi) is 4.95. The third kappa shape index (κ3) is 4.61. The van der Waals surface area contributed by atoms with Crippen LogP contribution in [0.4, 0.5) is 11.4 Å². The summed E-state index contributed by atoms with van der Waals surface area (Å²) in [5.74, 6) is -0.169. The van der Waals surface area contributed by atoms with Crippen molar-refractivity contribution in [2.45, 2.75) is 6.92 Å². The first kappa shape index (κ1) is 15.1. The van der Waals surface area contributed by atoms with E-state index in [2.05, 4.69) is 10.6 Å². The van der Waals surface area contributed by atoms with Crippen LogP contribution in [0.3, 0.4) is 0 Å². The predicted octanol–water partition coefficient (Wildman–Crippen LogP) is 3.59. The molecule has 2 N–H and O–H groups in total. The van der Waals surface area contributed by atoms with E-state index in [-0.39, 0.29) is 18.2 Å². The molecule has 0 radical (unpaired) electrons. The highest BCUT2D eigenvalue weighted by atomic mass is 35.5. The minimum Gasteiger partial charge on any atom is -0.376 e. The summed E-state index contributed by atoms with van der Waals surface area (Å²) in [6.07, 6.45) is 0. The highest BCUT2D eigenvalue weighted by Crippen LogP contribution is 2.13. The quantitative estimate of drug-likeness (QED) is 0.830. The van der Waals surface area contributed by atoms with Crippen LogP contribution in [0.25, 0.3) is 0 Å². The molecule has 0 unspecified atom stereocenters. The van der Waals surface area contributed by atoms with Gasteiger partial charge in [-0.05, 0) is 55.5 Å². The summed E-state index contributed by atoms with van der Waals surface area (Å²) < 4.78 is 0. The van der Waals surface area contributed by atoms with Gasteiger partial charge < -0.3 is 10.6 Å². The van der Waals surface area contributed by atoms with E-state index in [0.29, 0.717) is 16.3 Å². The van der Waals surface area contributed by atoms with E-state index < -0.39 is 0 Å². The lowest BCUT2D eigenvalue weighted by Gasteiger charge is -2.08. The van der Waals surface area contributed by atoms with Crippen molar-refractivity contribution in [1.82, 2.24) is 0 Å². The number of hydrogen-bond acceptors (Lipinski definition) is 3. The van der Waals surface area contributed by atoms with Gasteiger partial charge in [0, 0.05) is 22.0 Å². The van der Waals surface area contributed by atoms with Crippen molar-refractivity contribution in [2.24, 2.45) is 0 Å². The minimum absolute atomic E-state index is 0.00252. The molecule has 0 aliphatic rings. The molecule has 0 bridgehead atoms. The van der Waals surface area contributed by atoms with Gasteiger partial charge in [-0.2, -0.15) is 0 Å². The largest absolute Gasteiger partial charge is 0.376 e. The summed E-state index contributed by atoms with van der Waals surface area (Å²) in [6.45, 7) is 1.65. The third-order valence-corrected chi connectivity index (χ3v) is 3.12. The van der Waals surface area contributed by atoms with Crippen LogP contribution in [-0.2, 0) is 4.79 Å². The van der Waals surface area contributed by atoms with Crippen molar-refractivity contribution in [3.05, 3.63) is 59.1 Å². The number of hydrogen-bond donors (Lipinski definition) is 2. The Morgan fingerprint density at radius 1 is 0.952 bits per heavy atom. The van der Waals surface area contributed by atoms with E-state index in [1.807, 2.05) is 0 Å². The number of ketones is 1. The van der Waals surface area contributed by atoms with Crippen molar-refractivity contribution in [2.75, 3.05) is 17.2 Å². The Hall–Kier alpha value is -2.33. The van der Waals surface area contributed by atoms with E-state index in [0.717, 1.165) is 5.69 Å². The molecule has 108 valence electrons. The van der Waals surface area contributed by atoms with Gasteiger partial charge in [-0.1, -0.05) is 11.6 Å². The van der Waals surface area contributed by atoms with Crippen LogP contribution in [0.2, 0.25) is 5.02 Å². The van der Waals surface area contributed by atoms with Crippen LogP contribution in [-0.4, -0.2) is 18.2 Å². The Labute approximate surface area is 128 Å². The Balaban J connectivity index is 1.86. The Morgan fingerprint density at radius 3 is 2.10 bits per heavy atom. The molecule has 0 spiro atoms. The molecule has 0 aliphatic heterocycles. The maximum absolute atomic E-state index is 11.8. The SMILES string of the molecule is CC(=O)c1ccc(NC(=O)CNc2ccc(Cl)cc2)cc1. The van der Waals surface area contributed by atoms with Gasteiger partial charge in [0.1, 0.15) is 0 Å². The number of carbonyl (C=O) groups excluding carboxylic acids is 2. The van der Waals surface area contributed by atoms with Gasteiger partial charge >= 0.3 is 0 Å². The van der Waals surface area contributed by atoms with E-state index >= 15 is 0 Å². The van der Waals surface area contributed by atoms with Crippen LogP contribution in [0.1, 0.15) is 17.3 Å². The molecular weight excluding hydrogens is 288 g/mol. The summed E-state index contributed by atoms with van der Waals surface area (Å²) in [7, 11) is 0. The highest BCUT2D eigenvalue weighted by molar-refractivity contribution is 6.30. The lowest BCUT2D eigenvalue weighted by molar-refractivity contribution is -0.114. The number of halogens is 1. The zero-order chi connectivity index (χ0) is 15.2. The molecule has 0 aliphatic carbocycles. The van der Waals surface area contributed by atoms with Crippen LogP contribution in [0, 0.1) is 0 Å². The van der Waals surface area contributed by atoms with Crippen LogP contribution in [0.5, 0.6) is 0 Å². The fourth-order valence-corrected chi connectivity index (χ4v) is 1.87. The van der Waals surface area contributed by atoms with Gasteiger partial charge in [0.15, 0.2) is 5.78 Å². The molecule has 0 saturated heterocycles. The first-order chi connectivity index (χ1) is 10.0. The molecule has 0 atom stereocenters. The smallest absolute Gasteiger partial charge is 0.243 e. The second-order valence-electron chi connectivity index (χ2n) is 4.54. The zero-order valence-electron chi connectivity index (χ0n) is 11.5. The van der Waals surface area contributed by atoms with E-state index in [4.69, 9.17) is 11.6 Å². The summed E-state index contributed by atoms with van der Waals surface area (Å²) in [5, 5.41) is 6.40. The van der Waals surface area contributed by atoms with E-state index in [1.165, 1.54) is 6.92 Å². The summed E-state index contributed by atoms with van der Waals surface area (Å²) in [4.78, 5) is 23.0. The molecular formula is C16H15ClN2O2. The molecule has 5 heteroatoms. The summed E-state index contributed by atoms with van der Waals surface area (Å²) in [6, 6.07) is 13.9. The van der Waals surface area contributed by atoms with Crippen molar-refractivity contribution in [1.29, 1.82) is 0 Å².